The van der Waals surface area contributed by atoms with Crippen LogP contribution in [0.1, 0.15) is 11.1 Å². The van der Waals surface area contributed by atoms with Crippen LogP contribution in [0, 0.1) is 12.7 Å². The van der Waals surface area contributed by atoms with Gasteiger partial charge in [0.25, 0.3) is 11.5 Å². The van der Waals surface area contributed by atoms with E-state index in [9.17, 15) is 18.8 Å². The molecule has 2 aromatic carbocycles. The van der Waals surface area contributed by atoms with Crippen LogP contribution in [0.15, 0.2) is 81.4 Å². The maximum absolute atomic E-state index is 14.9. The van der Waals surface area contributed by atoms with Gasteiger partial charge in [0.2, 0.25) is 0 Å². The van der Waals surface area contributed by atoms with Crippen molar-refractivity contribution in [3.63, 3.8) is 0 Å². The molecule has 4 rings (SSSR count). The molecule has 1 aromatic heterocycles. The Hall–Kier alpha value is -3.39. The Balaban J connectivity index is 1.74. The maximum Gasteiger partial charge on any atom is 0.322 e. The van der Waals surface area contributed by atoms with E-state index in [1.807, 2.05) is 30.3 Å². The highest BCUT2D eigenvalue weighted by molar-refractivity contribution is 7.99. The number of aromatic nitrogens is 1. The van der Waals surface area contributed by atoms with Gasteiger partial charge < -0.3 is 9.88 Å². The van der Waals surface area contributed by atoms with E-state index in [1.54, 1.807) is 31.2 Å². The second kappa shape index (κ2) is 7.79. The summed E-state index contributed by atoms with van der Waals surface area (Å²) in [6, 6.07) is 16.4. The third-order valence-corrected chi connectivity index (χ3v) is 6.01. The first kappa shape index (κ1) is 19.9. The van der Waals surface area contributed by atoms with Crippen LogP contribution in [0.5, 0.6) is 0 Å². The molecule has 1 atom stereocenters. The van der Waals surface area contributed by atoms with Crippen molar-refractivity contribution in [1.82, 2.24) is 15.2 Å². The normalized spacial score (nSPS) is 18.2. The van der Waals surface area contributed by atoms with Crippen molar-refractivity contribution in [2.45, 2.75) is 28.8 Å². The van der Waals surface area contributed by atoms with Crippen LogP contribution in [0.25, 0.3) is 0 Å². The summed E-state index contributed by atoms with van der Waals surface area (Å²) in [5.74, 6) is -1.16. The van der Waals surface area contributed by atoms with Gasteiger partial charge in [-0.3, -0.25) is 14.9 Å². The molecule has 152 valence electrons. The van der Waals surface area contributed by atoms with Crippen molar-refractivity contribution in [3.8, 4) is 0 Å². The Kier molecular flexibility index (Phi) is 5.17. The molecule has 1 fully saturated rings. The molecule has 1 unspecified atom stereocenters. The number of imide groups is 1. The molecule has 0 bridgehead atoms. The predicted molar refractivity (Wildman–Crippen MR) is 111 cm³/mol. The number of rotatable bonds is 5. The molecule has 3 aromatic rings. The van der Waals surface area contributed by atoms with Crippen LogP contribution in [0.4, 0.5) is 9.18 Å². The predicted octanol–water partition coefficient (Wildman–Crippen LogP) is 3.18. The van der Waals surface area contributed by atoms with Crippen LogP contribution in [-0.4, -0.2) is 16.5 Å². The smallest absolute Gasteiger partial charge is 0.318 e. The van der Waals surface area contributed by atoms with E-state index in [4.69, 9.17) is 0 Å². The van der Waals surface area contributed by atoms with Gasteiger partial charge in [0.05, 0.1) is 6.54 Å². The van der Waals surface area contributed by atoms with E-state index in [-0.39, 0.29) is 17.7 Å². The summed E-state index contributed by atoms with van der Waals surface area (Å²) < 4.78 is 16.3. The summed E-state index contributed by atoms with van der Waals surface area (Å²) in [5.41, 5.74) is -1.12. The van der Waals surface area contributed by atoms with Crippen molar-refractivity contribution >= 4 is 23.7 Å². The standard InChI is InChI=1S/C22H18FN3O3S/c1-14-6-5-11-26(19(14)27)13-22(20(28)24-21(29)25-22)15-9-10-18(17(23)12-15)30-16-7-3-2-4-8-16/h2-12H,13H2,1H3,(H2,24,25,28,29). The average molecular weight is 423 g/mol. The Morgan fingerprint density at radius 3 is 2.47 bits per heavy atom. The number of carbonyl (C=O) groups is 2. The summed E-state index contributed by atoms with van der Waals surface area (Å²) in [4.78, 5) is 38.4. The quantitative estimate of drug-likeness (QED) is 0.618. The van der Waals surface area contributed by atoms with Crippen molar-refractivity contribution < 1.29 is 14.0 Å². The summed E-state index contributed by atoms with van der Waals surface area (Å²) in [6.45, 7) is 1.50. The highest BCUT2D eigenvalue weighted by Crippen LogP contribution is 2.34. The zero-order valence-corrected chi connectivity index (χ0v) is 16.8. The molecular formula is C22H18FN3O3S. The highest BCUT2D eigenvalue weighted by Gasteiger charge is 2.48. The van der Waals surface area contributed by atoms with E-state index in [1.165, 1.54) is 28.6 Å². The van der Waals surface area contributed by atoms with Crippen LogP contribution in [0.3, 0.4) is 0 Å². The van der Waals surface area contributed by atoms with Gasteiger partial charge in [-0.15, -0.1) is 0 Å². The Labute approximate surface area is 176 Å². The first-order valence-corrected chi connectivity index (χ1v) is 10.0. The number of carbonyl (C=O) groups excluding carboxylic acids is 2. The van der Waals surface area contributed by atoms with Gasteiger partial charge in [0.1, 0.15) is 5.82 Å². The lowest BCUT2D eigenvalue weighted by Crippen LogP contribution is -2.49. The molecule has 0 saturated carbocycles. The second-order valence-corrected chi connectivity index (χ2v) is 8.11. The Morgan fingerprint density at radius 2 is 1.80 bits per heavy atom. The number of hydrogen-bond acceptors (Lipinski definition) is 4. The van der Waals surface area contributed by atoms with Crippen molar-refractivity contribution in [2.75, 3.05) is 0 Å². The molecule has 2 N–H and O–H groups in total. The number of urea groups is 1. The Bertz CT molecular complexity index is 1200. The number of amides is 3. The number of aryl methyl sites for hydroxylation is 1. The lowest BCUT2D eigenvalue weighted by Gasteiger charge is -2.27. The SMILES string of the molecule is Cc1cccn(CC2(c3ccc(Sc4ccccc4)c(F)c3)NC(=O)NC2=O)c1=O. The molecule has 0 radical (unpaired) electrons. The van der Waals surface area contributed by atoms with Crippen LogP contribution in [-0.2, 0) is 16.9 Å². The van der Waals surface area contributed by atoms with Gasteiger partial charge >= 0.3 is 6.03 Å². The van der Waals surface area contributed by atoms with Gasteiger partial charge in [-0.05, 0) is 42.8 Å². The van der Waals surface area contributed by atoms with E-state index >= 15 is 0 Å². The van der Waals surface area contributed by atoms with Gasteiger partial charge in [-0.2, -0.15) is 0 Å². The van der Waals surface area contributed by atoms with Crippen molar-refractivity contribution in [3.05, 3.63) is 94.2 Å². The molecule has 0 aliphatic carbocycles. The zero-order chi connectivity index (χ0) is 21.3. The monoisotopic (exact) mass is 423 g/mol. The number of halogens is 1. The van der Waals surface area contributed by atoms with Gasteiger partial charge in [-0.25, -0.2) is 9.18 Å². The second-order valence-electron chi connectivity index (χ2n) is 7.00. The summed E-state index contributed by atoms with van der Waals surface area (Å²) in [6.07, 6.45) is 1.53. The number of pyridine rings is 1. The summed E-state index contributed by atoms with van der Waals surface area (Å²) in [7, 11) is 0. The third-order valence-electron chi connectivity index (χ3n) is 4.96. The Morgan fingerprint density at radius 1 is 1.03 bits per heavy atom. The molecule has 3 amide bonds. The fourth-order valence-electron chi connectivity index (χ4n) is 3.40. The zero-order valence-electron chi connectivity index (χ0n) is 16.0. The molecular weight excluding hydrogens is 405 g/mol. The van der Waals surface area contributed by atoms with E-state index in [2.05, 4.69) is 10.6 Å². The first-order valence-electron chi connectivity index (χ1n) is 9.22. The number of nitrogens with one attached hydrogen (secondary N) is 2. The first-order chi connectivity index (χ1) is 14.4. The van der Waals surface area contributed by atoms with Gasteiger partial charge in [0, 0.05) is 21.6 Å². The molecule has 30 heavy (non-hydrogen) atoms. The molecule has 2 heterocycles. The molecule has 8 heteroatoms. The molecule has 1 aliphatic heterocycles. The number of nitrogens with zero attached hydrogens (tertiary/aromatic N) is 1. The highest BCUT2D eigenvalue weighted by atomic mass is 32.2. The lowest BCUT2D eigenvalue weighted by molar-refractivity contribution is -0.124. The van der Waals surface area contributed by atoms with Gasteiger partial charge in [-0.1, -0.05) is 42.1 Å². The van der Waals surface area contributed by atoms with Crippen molar-refractivity contribution in [1.29, 1.82) is 0 Å². The third kappa shape index (κ3) is 3.61. The summed E-state index contributed by atoms with van der Waals surface area (Å²) >= 11 is 1.26. The molecule has 1 aliphatic rings. The van der Waals surface area contributed by atoms with Gasteiger partial charge in [0.15, 0.2) is 5.54 Å². The minimum Gasteiger partial charge on any atom is -0.318 e. The minimum atomic E-state index is -1.59. The molecule has 6 nitrogen and oxygen atoms in total. The number of benzene rings is 2. The minimum absolute atomic E-state index is 0.157. The van der Waals surface area contributed by atoms with Crippen LogP contribution in [0.2, 0.25) is 0 Å². The topological polar surface area (TPSA) is 80.2 Å². The van der Waals surface area contributed by atoms with E-state index in [0.717, 1.165) is 4.90 Å². The fraction of sp³-hybridized carbons (Fsp3) is 0.136. The average Bonchev–Trinajstić information content (AvgIpc) is 3.01. The van der Waals surface area contributed by atoms with E-state index < -0.39 is 23.3 Å². The largest absolute Gasteiger partial charge is 0.322 e. The van der Waals surface area contributed by atoms with E-state index in [0.29, 0.717) is 10.5 Å². The molecule has 1 saturated heterocycles. The fourth-order valence-corrected chi connectivity index (χ4v) is 4.24. The van der Waals surface area contributed by atoms with Crippen LogP contribution >= 0.6 is 11.8 Å². The van der Waals surface area contributed by atoms with Crippen LogP contribution < -0.4 is 16.2 Å². The lowest BCUT2D eigenvalue weighted by atomic mass is 9.89. The van der Waals surface area contributed by atoms with Crippen molar-refractivity contribution in [2.24, 2.45) is 0 Å². The molecule has 0 spiro atoms. The summed E-state index contributed by atoms with van der Waals surface area (Å²) in [5, 5.41) is 4.79. The number of hydrogen-bond donors (Lipinski definition) is 2. The maximum atomic E-state index is 14.9.